The third kappa shape index (κ3) is 6.82. The zero-order valence-corrected chi connectivity index (χ0v) is 22.4. The molecule has 1 aliphatic rings. The Kier molecular flexibility index (Phi) is 8.51. The topological polar surface area (TPSA) is 76.6 Å². The fourth-order valence-corrected chi connectivity index (χ4v) is 4.72. The minimum absolute atomic E-state index is 0.165. The average Bonchev–Trinajstić information content (AvgIpc) is 2.98. The molecule has 4 aromatic rings. The van der Waals surface area contributed by atoms with Gasteiger partial charge in [0.25, 0.3) is 5.91 Å². The van der Waals surface area contributed by atoms with Crippen LogP contribution in [0.3, 0.4) is 0 Å². The summed E-state index contributed by atoms with van der Waals surface area (Å²) < 4.78 is 11.4. The molecule has 0 atom stereocenters. The molecule has 8 heteroatoms. The molecule has 1 N–H and O–H groups in total. The van der Waals surface area contributed by atoms with Crippen molar-refractivity contribution in [1.29, 1.82) is 0 Å². The molecule has 0 radical (unpaired) electrons. The van der Waals surface area contributed by atoms with Crippen LogP contribution in [0.25, 0.3) is 17.0 Å². The maximum atomic E-state index is 12.8. The van der Waals surface area contributed by atoms with Gasteiger partial charge in [-0.05, 0) is 60.0 Å². The quantitative estimate of drug-likeness (QED) is 0.276. The summed E-state index contributed by atoms with van der Waals surface area (Å²) in [5, 5.41) is 3.32. The summed E-state index contributed by atoms with van der Waals surface area (Å²) in [6, 6.07) is 23.2. The number of benzene rings is 3. The molecule has 3 aromatic carbocycles. The molecule has 39 heavy (non-hydrogen) atoms. The Morgan fingerprint density at radius 3 is 2.51 bits per heavy atom. The number of halogens is 1. The summed E-state index contributed by atoms with van der Waals surface area (Å²) >= 11 is 6.10. The van der Waals surface area contributed by atoms with Crippen molar-refractivity contribution >= 4 is 28.8 Å². The first-order chi connectivity index (χ1) is 19.1. The number of hydrogen-bond acceptors (Lipinski definition) is 6. The molecule has 198 valence electrons. The monoisotopic (exact) mass is 540 g/mol. The summed E-state index contributed by atoms with van der Waals surface area (Å²) in [5.74, 6) is 1.49. The van der Waals surface area contributed by atoms with Crippen LogP contribution in [-0.4, -0.2) is 47.6 Å². The van der Waals surface area contributed by atoms with Crippen LogP contribution in [0, 0.1) is 0 Å². The zero-order valence-electron chi connectivity index (χ0n) is 21.6. The predicted molar refractivity (Wildman–Crippen MR) is 154 cm³/mol. The molecule has 0 fully saturated rings. The van der Waals surface area contributed by atoms with Gasteiger partial charge in [-0.15, -0.1) is 0 Å². The van der Waals surface area contributed by atoms with Gasteiger partial charge in [-0.1, -0.05) is 48.0 Å². The fraction of sp³-hybridized carbons (Fsp3) is 0.194. The van der Waals surface area contributed by atoms with Crippen molar-refractivity contribution in [3.63, 3.8) is 0 Å². The van der Waals surface area contributed by atoms with Crippen LogP contribution in [-0.2, 0) is 11.3 Å². The van der Waals surface area contributed by atoms with Crippen molar-refractivity contribution < 1.29 is 14.3 Å². The number of hydrogen-bond donors (Lipinski definition) is 1. The van der Waals surface area contributed by atoms with Crippen molar-refractivity contribution in [2.75, 3.05) is 32.1 Å². The maximum Gasteiger partial charge on any atom is 0.262 e. The van der Waals surface area contributed by atoms with Crippen LogP contribution < -0.4 is 14.8 Å². The molecule has 5 rings (SSSR count). The SMILES string of the molecule is COc1ccc(Cl)cc1NC(=O)COc1ccc(-c2ncccn2)cc1CN1CC=C(c2ccccc2)CC1. The van der Waals surface area contributed by atoms with Gasteiger partial charge in [0, 0.05) is 48.2 Å². The lowest BCUT2D eigenvalue weighted by Crippen LogP contribution is -2.28. The number of amides is 1. The summed E-state index contributed by atoms with van der Waals surface area (Å²) in [5.41, 5.74) is 4.98. The highest BCUT2D eigenvalue weighted by Crippen LogP contribution is 2.30. The molecular formula is C31H29ClN4O3. The van der Waals surface area contributed by atoms with E-state index in [1.54, 1.807) is 36.7 Å². The number of carbonyl (C=O) groups excluding carboxylic acids is 1. The minimum Gasteiger partial charge on any atom is -0.495 e. The van der Waals surface area contributed by atoms with Crippen molar-refractivity contribution in [1.82, 2.24) is 14.9 Å². The van der Waals surface area contributed by atoms with Gasteiger partial charge in [0.15, 0.2) is 12.4 Å². The van der Waals surface area contributed by atoms with Gasteiger partial charge < -0.3 is 14.8 Å². The van der Waals surface area contributed by atoms with E-state index >= 15 is 0 Å². The van der Waals surface area contributed by atoms with Crippen molar-refractivity contribution in [3.05, 3.63) is 107 Å². The third-order valence-electron chi connectivity index (χ3n) is 6.51. The summed E-state index contributed by atoms with van der Waals surface area (Å²) in [6.07, 6.45) is 6.70. The van der Waals surface area contributed by atoms with E-state index in [-0.39, 0.29) is 12.5 Å². The lowest BCUT2D eigenvalue weighted by Gasteiger charge is -2.27. The highest BCUT2D eigenvalue weighted by molar-refractivity contribution is 6.31. The number of aromatic nitrogens is 2. The van der Waals surface area contributed by atoms with Crippen molar-refractivity contribution in [3.8, 4) is 22.9 Å². The van der Waals surface area contributed by atoms with Crippen LogP contribution in [0.1, 0.15) is 17.5 Å². The highest BCUT2D eigenvalue weighted by Gasteiger charge is 2.17. The number of methoxy groups -OCH3 is 1. The molecule has 1 aromatic heterocycles. The first-order valence-electron chi connectivity index (χ1n) is 12.7. The van der Waals surface area contributed by atoms with Gasteiger partial charge >= 0.3 is 0 Å². The summed E-state index contributed by atoms with van der Waals surface area (Å²) in [4.78, 5) is 23.9. The Balaban J connectivity index is 1.32. The predicted octanol–water partition coefficient (Wildman–Crippen LogP) is 6.11. The largest absolute Gasteiger partial charge is 0.495 e. The van der Waals surface area contributed by atoms with E-state index in [0.29, 0.717) is 34.6 Å². The number of anilines is 1. The van der Waals surface area contributed by atoms with Gasteiger partial charge in [0.1, 0.15) is 11.5 Å². The number of carbonyl (C=O) groups is 1. The normalized spacial score (nSPS) is 13.4. The molecule has 0 aliphatic carbocycles. The van der Waals surface area contributed by atoms with E-state index in [1.165, 1.54) is 18.2 Å². The summed E-state index contributed by atoms with van der Waals surface area (Å²) in [7, 11) is 1.54. The second kappa shape index (κ2) is 12.6. The average molecular weight is 541 g/mol. The Morgan fingerprint density at radius 2 is 1.77 bits per heavy atom. The smallest absolute Gasteiger partial charge is 0.262 e. The van der Waals surface area contributed by atoms with E-state index in [0.717, 1.165) is 30.6 Å². The van der Waals surface area contributed by atoms with Crippen LogP contribution in [0.2, 0.25) is 5.02 Å². The molecule has 0 unspecified atom stereocenters. The highest BCUT2D eigenvalue weighted by atomic mass is 35.5. The molecule has 7 nitrogen and oxygen atoms in total. The van der Waals surface area contributed by atoms with Crippen LogP contribution >= 0.6 is 11.6 Å². The van der Waals surface area contributed by atoms with Crippen LogP contribution in [0.15, 0.2) is 91.3 Å². The van der Waals surface area contributed by atoms with Crippen LogP contribution in [0.5, 0.6) is 11.5 Å². The van der Waals surface area contributed by atoms with E-state index in [2.05, 4.69) is 50.5 Å². The zero-order chi connectivity index (χ0) is 27.0. The third-order valence-corrected chi connectivity index (χ3v) is 6.75. The lowest BCUT2D eigenvalue weighted by molar-refractivity contribution is -0.118. The number of nitrogens with one attached hydrogen (secondary N) is 1. The molecular weight excluding hydrogens is 512 g/mol. The molecule has 0 saturated heterocycles. The summed E-state index contributed by atoms with van der Waals surface area (Å²) in [6.45, 7) is 2.24. The Bertz CT molecular complexity index is 1460. The van der Waals surface area contributed by atoms with E-state index < -0.39 is 0 Å². The van der Waals surface area contributed by atoms with E-state index in [1.807, 2.05) is 24.3 Å². The van der Waals surface area contributed by atoms with Gasteiger partial charge in [0.2, 0.25) is 0 Å². The van der Waals surface area contributed by atoms with Gasteiger partial charge in [0.05, 0.1) is 12.8 Å². The molecule has 0 bridgehead atoms. The number of nitrogens with zero attached hydrogens (tertiary/aromatic N) is 3. The lowest BCUT2D eigenvalue weighted by atomic mass is 9.99. The Hall–Kier alpha value is -4.20. The van der Waals surface area contributed by atoms with Crippen molar-refractivity contribution in [2.24, 2.45) is 0 Å². The van der Waals surface area contributed by atoms with E-state index in [4.69, 9.17) is 21.1 Å². The first-order valence-corrected chi connectivity index (χ1v) is 13.1. The van der Waals surface area contributed by atoms with Crippen molar-refractivity contribution in [2.45, 2.75) is 13.0 Å². The first kappa shape index (κ1) is 26.4. The second-order valence-corrected chi connectivity index (χ2v) is 9.59. The number of rotatable bonds is 9. The molecule has 1 amide bonds. The van der Waals surface area contributed by atoms with Gasteiger partial charge in [-0.2, -0.15) is 0 Å². The molecule has 0 spiro atoms. The maximum absolute atomic E-state index is 12.8. The standard InChI is InChI=1S/C31H29ClN4O3/c1-38-29-11-9-26(32)19-27(29)35-30(37)21-39-28-10-8-24(31-33-14-5-15-34-31)18-25(28)20-36-16-12-23(13-17-36)22-6-3-2-4-7-22/h2-12,14-15,18-19H,13,16-17,20-21H2,1H3,(H,35,37). The Labute approximate surface area is 233 Å². The Morgan fingerprint density at radius 1 is 0.974 bits per heavy atom. The second-order valence-electron chi connectivity index (χ2n) is 9.16. The van der Waals surface area contributed by atoms with Gasteiger partial charge in [-0.3, -0.25) is 9.69 Å². The molecule has 0 saturated carbocycles. The molecule has 2 heterocycles. The van der Waals surface area contributed by atoms with Gasteiger partial charge in [-0.25, -0.2) is 9.97 Å². The minimum atomic E-state index is -0.314. The van der Waals surface area contributed by atoms with Crippen LogP contribution in [0.4, 0.5) is 5.69 Å². The number of ether oxygens (including phenoxy) is 2. The molecule has 1 aliphatic heterocycles. The fourth-order valence-electron chi connectivity index (χ4n) is 4.55. The van der Waals surface area contributed by atoms with E-state index in [9.17, 15) is 4.79 Å².